The van der Waals surface area contributed by atoms with E-state index in [9.17, 15) is 24.3 Å². The molecule has 126 valence electrons. The lowest BCUT2D eigenvalue weighted by Crippen LogP contribution is -2.45. The van der Waals surface area contributed by atoms with E-state index in [1.165, 1.54) is 24.3 Å². The van der Waals surface area contributed by atoms with Gasteiger partial charge in [-0.2, -0.15) is 5.26 Å². The fraction of sp³-hybridized carbons (Fsp3) is 0.353. The molecule has 0 saturated carbocycles. The smallest absolute Gasteiger partial charge is 0.325 e. The number of Topliss-reactive ketones (excluding diaryl/α,β-unsaturated/α-hetero) is 2. The molecule has 1 aromatic carbocycles. The van der Waals surface area contributed by atoms with E-state index < -0.39 is 28.9 Å². The van der Waals surface area contributed by atoms with Crippen molar-refractivity contribution < 1.29 is 29.4 Å². The molecule has 0 spiro atoms. The van der Waals surface area contributed by atoms with Crippen LogP contribution in [-0.4, -0.2) is 33.7 Å². The number of carboxylic acid groups (broad SMARTS) is 2. The molecule has 0 amide bonds. The van der Waals surface area contributed by atoms with Crippen molar-refractivity contribution in [3.05, 3.63) is 35.4 Å². The quantitative estimate of drug-likeness (QED) is 0.402. The van der Waals surface area contributed by atoms with E-state index >= 15 is 0 Å². The Kier molecular flexibility index (Phi) is 6.36. The van der Waals surface area contributed by atoms with Crippen molar-refractivity contribution in [3.63, 3.8) is 0 Å². The number of carbonyl (C=O) groups excluding carboxylic acids is 2. The van der Waals surface area contributed by atoms with E-state index in [2.05, 4.69) is 0 Å². The van der Waals surface area contributed by atoms with Gasteiger partial charge in [-0.3, -0.25) is 19.2 Å². The molecule has 2 N–H and O–H groups in total. The third-order valence-corrected chi connectivity index (χ3v) is 3.80. The van der Waals surface area contributed by atoms with Crippen LogP contribution in [0.4, 0.5) is 0 Å². The van der Waals surface area contributed by atoms with Crippen LogP contribution >= 0.6 is 0 Å². The Morgan fingerprint density at radius 2 is 1.83 bits per heavy atom. The zero-order valence-electron chi connectivity index (χ0n) is 13.1. The summed E-state index contributed by atoms with van der Waals surface area (Å²) in [7, 11) is 0. The molecule has 0 saturated heterocycles. The number of rotatable bonds is 9. The van der Waals surface area contributed by atoms with Gasteiger partial charge in [0.05, 0.1) is 11.6 Å². The second kappa shape index (κ2) is 8.02. The van der Waals surface area contributed by atoms with Crippen LogP contribution in [0.25, 0.3) is 0 Å². The van der Waals surface area contributed by atoms with E-state index in [1.807, 2.05) is 6.07 Å². The van der Waals surface area contributed by atoms with Crippen molar-refractivity contribution in [1.29, 1.82) is 5.26 Å². The summed E-state index contributed by atoms with van der Waals surface area (Å²) in [5.41, 5.74) is -2.13. The van der Waals surface area contributed by atoms with Gasteiger partial charge in [-0.1, -0.05) is 18.6 Å². The minimum absolute atomic E-state index is 0.0371. The fourth-order valence-electron chi connectivity index (χ4n) is 2.45. The van der Waals surface area contributed by atoms with Crippen LogP contribution in [0.1, 0.15) is 48.5 Å². The molecular weight excluding hydrogens is 314 g/mol. The Labute approximate surface area is 138 Å². The highest BCUT2D eigenvalue weighted by Crippen LogP contribution is 2.32. The Hall–Kier alpha value is -3.01. The summed E-state index contributed by atoms with van der Waals surface area (Å²) >= 11 is 0. The van der Waals surface area contributed by atoms with Crippen LogP contribution in [0.5, 0.6) is 0 Å². The van der Waals surface area contributed by atoms with Gasteiger partial charge in [0.1, 0.15) is 0 Å². The first-order valence-electron chi connectivity index (χ1n) is 7.27. The molecule has 0 fully saturated rings. The number of ketones is 2. The number of benzene rings is 1. The highest BCUT2D eigenvalue weighted by molar-refractivity contribution is 6.26. The number of nitriles is 1. The largest absolute Gasteiger partial charge is 0.481 e. The van der Waals surface area contributed by atoms with Gasteiger partial charge in [0.2, 0.25) is 0 Å². The van der Waals surface area contributed by atoms with E-state index in [1.54, 1.807) is 0 Å². The van der Waals surface area contributed by atoms with Crippen molar-refractivity contribution in [2.24, 2.45) is 5.41 Å². The van der Waals surface area contributed by atoms with E-state index in [0.29, 0.717) is 0 Å². The fourth-order valence-corrected chi connectivity index (χ4v) is 2.45. The summed E-state index contributed by atoms with van der Waals surface area (Å²) in [6.45, 7) is 1.03. The lowest BCUT2D eigenvalue weighted by atomic mass is 9.73. The molecule has 24 heavy (non-hydrogen) atoms. The first-order chi connectivity index (χ1) is 11.3. The average molecular weight is 331 g/mol. The number of hydrogen-bond donors (Lipinski definition) is 2. The lowest BCUT2D eigenvalue weighted by molar-refractivity contribution is -0.151. The third kappa shape index (κ3) is 4.04. The second-order valence-electron chi connectivity index (χ2n) is 5.39. The molecule has 0 radical (unpaired) electrons. The minimum Gasteiger partial charge on any atom is -0.481 e. The summed E-state index contributed by atoms with van der Waals surface area (Å²) < 4.78 is 0. The highest BCUT2D eigenvalue weighted by atomic mass is 16.4. The molecule has 0 aliphatic rings. The molecule has 0 heterocycles. The number of hydrogen-bond acceptors (Lipinski definition) is 5. The highest BCUT2D eigenvalue weighted by Gasteiger charge is 2.50. The second-order valence-corrected chi connectivity index (χ2v) is 5.39. The Balaban J connectivity index is 3.19. The van der Waals surface area contributed by atoms with Crippen LogP contribution in [0.15, 0.2) is 24.3 Å². The number of unbranched alkanes of at least 4 members (excludes halogenated alkanes) is 1. The van der Waals surface area contributed by atoms with Gasteiger partial charge in [0, 0.05) is 12.0 Å². The van der Waals surface area contributed by atoms with Gasteiger partial charge in [-0.15, -0.1) is 0 Å². The van der Waals surface area contributed by atoms with Gasteiger partial charge in [-0.25, -0.2) is 0 Å². The summed E-state index contributed by atoms with van der Waals surface area (Å²) in [6.07, 6.45) is -0.211. The molecule has 1 atom stereocenters. The maximum atomic E-state index is 12.7. The summed E-state index contributed by atoms with van der Waals surface area (Å²) in [4.78, 5) is 47.0. The van der Waals surface area contributed by atoms with Gasteiger partial charge in [-0.05, 0) is 31.9 Å². The summed E-state index contributed by atoms with van der Waals surface area (Å²) in [5.74, 6) is -4.32. The molecule has 0 bridgehead atoms. The Morgan fingerprint density at radius 3 is 2.33 bits per heavy atom. The first kappa shape index (κ1) is 19.0. The van der Waals surface area contributed by atoms with Crippen LogP contribution < -0.4 is 0 Å². The molecule has 7 nitrogen and oxygen atoms in total. The van der Waals surface area contributed by atoms with Crippen LogP contribution in [0.3, 0.4) is 0 Å². The van der Waals surface area contributed by atoms with Crippen molar-refractivity contribution in [2.75, 3.05) is 0 Å². The van der Waals surface area contributed by atoms with E-state index in [0.717, 1.165) is 6.92 Å². The topological polar surface area (TPSA) is 133 Å². The summed E-state index contributed by atoms with van der Waals surface area (Å²) in [5, 5.41) is 27.1. The molecular formula is C17H17NO6. The minimum atomic E-state index is -2.27. The Bertz CT molecular complexity index is 702. The van der Waals surface area contributed by atoms with Gasteiger partial charge < -0.3 is 10.2 Å². The molecule has 1 aromatic rings. The van der Waals surface area contributed by atoms with Crippen molar-refractivity contribution in [3.8, 4) is 6.07 Å². The monoisotopic (exact) mass is 331 g/mol. The number of carboxylic acids is 2. The van der Waals surface area contributed by atoms with Crippen LogP contribution in [0, 0.1) is 16.7 Å². The predicted octanol–water partition coefficient (Wildman–Crippen LogP) is 2.05. The number of carbonyl (C=O) groups is 4. The molecule has 0 aromatic heterocycles. The molecule has 7 heteroatoms. The maximum absolute atomic E-state index is 12.7. The van der Waals surface area contributed by atoms with Crippen molar-refractivity contribution in [1.82, 2.24) is 0 Å². The van der Waals surface area contributed by atoms with Crippen LogP contribution in [0.2, 0.25) is 0 Å². The first-order valence-corrected chi connectivity index (χ1v) is 7.27. The summed E-state index contributed by atoms with van der Waals surface area (Å²) in [6, 6.07) is 7.32. The predicted molar refractivity (Wildman–Crippen MR) is 82.3 cm³/mol. The van der Waals surface area contributed by atoms with Crippen molar-refractivity contribution >= 4 is 23.5 Å². The molecule has 0 aliphatic carbocycles. The van der Waals surface area contributed by atoms with E-state index in [-0.39, 0.29) is 36.8 Å². The average Bonchev–Trinajstić information content (AvgIpc) is 2.53. The molecule has 1 rings (SSSR count). The number of aliphatic carboxylic acids is 2. The van der Waals surface area contributed by atoms with Gasteiger partial charge >= 0.3 is 11.9 Å². The van der Waals surface area contributed by atoms with Crippen LogP contribution in [-0.2, 0) is 14.4 Å². The molecule has 1 unspecified atom stereocenters. The standard InChI is InChI=1S/C17H17NO6/c1-11(19)17(16(23)24,8-3-2-7-14(20)21)15(22)13-6-4-5-12(9-13)10-18/h4-6,9H,2-3,7-8H2,1H3,(H,20,21)(H,23,24). The molecule has 0 aliphatic heterocycles. The number of nitrogens with zero attached hydrogens (tertiary/aromatic N) is 1. The SMILES string of the molecule is CC(=O)C(CCCCC(=O)O)(C(=O)O)C(=O)c1cccc(C#N)c1. The zero-order valence-corrected chi connectivity index (χ0v) is 13.1. The normalized spacial score (nSPS) is 12.7. The van der Waals surface area contributed by atoms with Gasteiger partial charge in [0.25, 0.3) is 0 Å². The van der Waals surface area contributed by atoms with Gasteiger partial charge in [0.15, 0.2) is 17.0 Å². The zero-order chi connectivity index (χ0) is 18.3. The maximum Gasteiger partial charge on any atom is 0.325 e. The van der Waals surface area contributed by atoms with Crippen molar-refractivity contribution in [2.45, 2.75) is 32.6 Å². The Morgan fingerprint density at radius 1 is 1.17 bits per heavy atom. The lowest BCUT2D eigenvalue weighted by Gasteiger charge is -2.25. The third-order valence-electron chi connectivity index (χ3n) is 3.80. The van der Waals surface area contributed by atoms with E-state index in [4.69, 9.17) is 10.4 Å².